The number of rotatable bonds is 7. The van der Waals surface area contributed by atoms with Crippen LogP contribution in [0.25, 0.3) is 0 Å². The molecule has 0 spiro atoms. The van der Waals surface area contributed by atoms with E-state index in [0.29, 0.717) is 26.2 Å². The molecule has 1 aromatic carbocycles. The summed E-state index contributed by atoms with van der Waals surface area (Å²) in [6.45, 7) is 1.45. The smallest absolute Gasteiger partial charge is 0.227 e. The third-order valence-electron chi connectivity index (χ3n) is 7.01. The first-order valence-electron chi connectivity index (χ1n) is 12.2. The third kappa shape index (κ3) is 5.47. The quantitative estimate of drug-likeness (QED) is 0.554. The molecule has 2 fully saturated rings. The van der Waals surface area contributed by atoms with E-state index < -0.39 is 6.10 Å². The van der Waals surface area contributed by atoms with Crippen LogP contribution in [0.1, 0.15) is 42.7 Å². The standard InChI is InChI=1S/C26H31N3O6/c30-15-23-25-21(12-19(34-23)13-24(31)28-14-16-3-7-27-8-4-16)20-11-18(1-2-22(20)35-25)29-26(32)17-5-9-33-10-6-17/h1-4,7-8,11,17,19,21,23,25,30H,5-6,9-10,12-15H2,(H,28,31)(H,29,32)/t19-,21+,23-,25-/m0/s1. The molecular formula is C26H31N3O6. The van der Waals surface area contributed by atoms with E-state index in [-0.39, 0.29) is 48.9 Å². The van der Waals surface area contributed by atoms with Crippen LogP contribution < -0.4 is 15.4 Å². The highest BCUT2D eigenvalue weighted by Gasteiger charge is 2.46. The lowest BCUT2D eigenvalue weighted by molar-refractivity contribution is -0.142. The number of carbonyl (C=O) groups excluding carboxylic acids is 2. The van der Waals surface area contributed by atoms with Gasteiger partial charge in [-0.25, -0.2) is 0 Å². The van der Waals surface area contributed by atoms with Gasteiger partial charge in [-0.05, 0) is 55.2 Å². The zero-order chi connectivity index (χ0) is 24.2. The van der Waals surface area contributed by atoms with Gasteiger partial charge in [0.05, 0.1) is 19.1 Å². The fraction of sp³-hybridized carbons (Fsp3) is 0.500. The Morgan fingerprint density at radius 1 is 1.11 bits per heavy atom. The first-order valence-corrected chi connectivity index (χ1v) is 12.2. The zero-order valence-electron chi connectivity index (χ0n) is 19.5. The van der Waals surface area contributed by atoms with Crippen molar-refractivity contribution in [2.75, 3.05) is 25.1 Å². The van der Waals surface area contributed by atoms with Gasteiger partial charge in [0.1, 0.15) is 18.0 Å². The van der Waals surface area contributed by atoms with Crippen molar-refractivity contribution in [1.29, 1.82) is 0 Å². The van der Waals surface area contributed by atoms with Gasteiger partial charge in [0.25, 0.3) is 0 Å². The summed E-state index contributed by atoms with van der Waals surface area (Å²) >= 11 is 0. The Kier molecular flexibility index (Phi) is 7.26. The molecule has 4 heterocycles. The Morgan fingerprint density at radius 2 is 1.91 bits per heavy atom. The Labute approximate surface area is 204 Å². The summed E-state index contributed by atoms with van der Waals surface area (Å²) in [6.07, 6.45) is 4.42. The molecule has 9 nitrogen and oxygen atoms in total. The topological polar surface area (TPSA) is 119 Å². The van der Waals surface area contributed by atoms with Crippen LogP contribution in [0.15, 0.2) is 42.7 Å². The second-order valence-corrected chi connectivity index (χ2v) is 9.37. The molecule has 5 rings (SSSR count). The van der Waals surface area contributed by atoms with Crippen LogP contribution in [0.2, 0.25) is 0 Å². The second kappa shape index (κ2) is 10.7. The molecule has 186 valence electrons. The Bertz CT molecular complexity index is 1040. The average molecular weight is 482 g/mol. The normalized spacial score (nSPS) is 25.7. The highest BCUT2D eigenvalue weighted by atomic mass is 16.6. The van der Waals surface area contributed by atoms with Crippen LogP contribution >= 0.6 is 0 Å². The van der Waals surface area contributed by atoms with E-state index in [9.17, 15) is 14.7 Å². The molecule has 3 N–H and O–H groups in total. The minimum absolute atomic E-state index is 0.00710. The lowest BCUT2D eigenvalue weighted by Crippen LogP contribution is -2.47. The Morgan fingerprint density at radius 3 is 2.69 bits per heavy atom. The zero-order valence-corrected chi connectivity index (χ0v) is 19.5. The van der Waals surface area contributed by atoms with Crippen LogP contribution in [-0.4, -0.2) is 60.0 Å². The molecule has 2 aromatic rings. The van der Waals surface area contributed by atoms with Crippen molar-refractivity contribution in [3.8, 4) is 5.75 Å². The number of ether oxygens (including phenoxy) is 3. The molecule has 3 aliphatic heterocycles. The number of carbonyl (C=O) groups is 2. The van der Waals surface area contributed by atoms with Gasteiger partial charge in [-0.1, -0.05) is 0 Å². The number of fused-ring (bicyclic) bond motifs is 3. The number of aliphatic hydroxyl groups is 1. The minimum atomic E-state index is -0.528. The van der Waals surface area contributed by atoms with Gasteiger partial charge in [-0.15, -0.1) is 0 Å². The highest BCUT2D eigenvalue weighted by Crippen LogP contribution is 2.47. The van der Waals surface area contributed by atoms with Crippen molar-refractivity contribution in [1.82, 2.24) is 10.3 Å². The van der Waals surface area contributed by atoms with Gasteiger partial charge < -0.3 is 30.0 Å². The van der Waals surface area contributed by atoms with E-state index in [1.807, 2.05) is 30.3 Å². The van der Waals surface area contributed by atoms with Gasteiger partial charge in [0, 0.05) is 55.2 Å². The van der Waals surface area contributed by atoms with Crippen molar-refractivity contribution in [2.24, 2.45) is 5.92 Å². The lowest BCUT2D eigenvalue weighted by atomic mass is 9.84. The fourth-order valence-corrected chi connectivity index (χ4v) is 5.15. The molecule has 4 atom stereocenters. The summed E-state index contributed by atoms with van der Waals surface area (Å²) in [5, 5.41) is 15.9. The summed E-state index contributed by atoms with van der Waals surface area (Å²) in [6, 6.07) is 9.37. The molecule has 0 saturated carbocycles. The number of nitrogens with one attached hydrogen (secondary N) is 2. The summed E-state index contributed by atoms with van der Waals surface area (Å²) < 4.78 is 17.5. The molecule has 9 heteroatoms. The summed E-state index contributed by atoms with van der Waals surface area (Å²) in [4.78, 5) is 29.3. The Balaban J connectivity index is 1.24. The Hall–Kier alpha value is -3.01. The first kappa shape index (κ1) is 23.7. The molecule has 2 saturated heterocycles. The maximum Gasteiger partial charge on any atom is 0.227 e. The highest BCUT2D eigenvalue weighted by molar-refractivity contribution is 5.92. The molecule has 0 bridgehead atoms. The molecule has 0 unspecified atom stereocenters. The van der Waals surface area contributed by atoms with E-state index in [2.05, 4.69) is 15.6 Å². The number of aliphatic hydroxyl groups excluding tert-OH is 1. The average Bonchev–Trinajstić information content (AvgIpc) is 3.26. The van der Waals surface area contributed by atoms with Crippen molar-refractivity contribution in [2.45, 2.75) is 56.5 Å². The first-order chi connectivity index (χ1) is 17.1. The lowest BCUT2D eigenvalue weighted by Gasteiger charge is -2.37. The van der Waals surface area contributed by atoms with Gasteiger partial charge in [-0.2, -0.15) is 0 Å². The number of aromatic nitrogens is 1. The van der Waals surface area contributed by atoms with Gasteiger partial charge in [0.2, 0.25) is 11.8 Å². The molecule has 2 amide bonds. The van der Waals surface area contributed by atoms with Gasteiger partial charge in [0.15, 0.2) is 0 Å². The van der Waals surface area contributed by atoms with E-state index >= 15 is 0 Å². The van der Waals surface area contributed by atoms with Crippen LogP contribution in [0.5, 0.6) is 5.75 Å². The SMILES string of the molecule is O=C(C[C@@H]1C[C@@H]2c3cc(NC(=O)C4CCOCC4)ccc3O[C@@H]2[C@H](CO)O1)NCc1ccncc1. The molecule has 0 radical (unpaired) electrons. The summed E-state index contributed by atoms with van der Waals surface area (Å²) in [7, 11) is 0. The van der Waals surface area contributed by atoms with Crippen LogP contribution in [0.3, 0.4) is 0 Å². The predicted molar refractivity (Wildman–Crippen MR) is 127 cm³/mol. The maximum atomic E-state index is 12.7. The molecule has 35 heavy (non-hydrogen) atoms. The second-order valence-electron chi connectivity index (χ2n) is 9.37. The number of nitrogens with zero attached hydrogens (tertiary/aromatic N) is 1. The predicted octanol–water partition coefficient (Wildman–Crippen LogP) is 2.15. The van der Waals surface area contributed by atoms with E-state index in [4.69, 9.17) is 14.2 Å². The summed E-state index contributed by atoms with van der Waals surface area (Å²) in [5.74, 6) is 0.548. The number of pyridine rings is 1. The van der Waals surface area contributed by atoms with Crippen molar-refractivity contribution >= 4 is 17.5 Å². The van der Waals surface area contributed by atoms with Crippen LogP contribution in [0, 0.1) is 5.92 Å². The van der Waals surface area contributed by atoms with E-state index in [1.54, 1.807) is 12.4 Å². The van der Waals surface area contributed by atoms with Crippen molar-refractivity contribution in [3.63, 3.8) is 0 Å². The molecule has 3 aliphatic rings. The molecule has 1 aromatic heterocycles. The number of hydrogen-bond acceptors (Lipinski definition) is 7. The largest absolute Gasteiger partial charge is 0.487 e. The minimum Gasteiger partial charge on any atom is -0.487 e. The fourth-order valence-electron chi connectivity index (χ4n) is 5.15. The van der Waals surface area contributed by atoms with E-state index in [0.717, 1.165) is 35.4 Å². The maximum absolute atomic E-state index is 12.7. The van der Waals surface area contributed by atoms with Crippen molar-refractivity contribution in [3.05, 3.63) is 53.9 Å². The number of hydrogen-bond donors (Lipinski definition) is 3. The number of amides is 2. The number of anilines is 1. The van der Waals surface area contributed by atoms with Crippen LogP contribution in [0.4, 0.5) is 5.69 Å². The van der Waals surface area contributed by atoms with Gasteiger partial charge in [-0.3, -0.25) is 14.6 Å². The monoisotopic (exact) mass is 481 g/mol. The third-order valence-corrected chi connectivity index (χ3v) is 7.01. The van der Waals surface area contributed by atoms with Crippen LogP contribution in [-0.2, 0) is 25.6 Å². The molecular weight excluding hydrogens is 450 g/mol. The van der Waals surface area contributed by atoms with Gasteiger partial charge >= 0.3 is 0 Å². The summed E-state index contributed by atoms with van der Waals surface area (Å²) in [5.41, 5.74) is 2.67. The van der Waals surface area contributed by atoms with E-state index in [1.165, 1.54) is 0 Å². The number of benzene rings is 1. The van der Waals surface area contributed by atoms with Crippen molar-refractivity contribution < 1.29 is 28.9 Å². The molecule has 0 aliphatic carbocycles.